The Labute approximate surface area is 119 Å². The van der Waals surface area contributed by atoms with E-state index in [1.807, 2.05) is 20.8 Å². The Kier molecular flexibility index (Phi) is 5.70. The van der Waals surface area contributed by atoms with Gasteiger partial charge in [-0.25, -0.2) is 13.6 Å². The summed E-state index contributed by atoms with van der Waals surface area (Å²) in [6.45, 7) is 5.76. The molecule has 114 valence electrons. The summed E-state index contributed by atoms with van der Waals surface area (Å²) in [6, 6.07) is -0.0489. The Balaban J connectivity index is 3.09. The number of hydrogen-bond acceptors (Lipinski definition) is 4. The molecule has 0 saturated carbocycles. The summed E-state index contributed by atoms with van der Waals surface area (Å²) in [5, 5.41) is 14.3. The van der Waals surface area contributed by atoms with Gasteiger partial charge in [-0.2, -0.15) is 5.10 Å². The maximum Gasteiger partial charge on any atom is 0.273 e. The van der Waals surface area contributed by atoms with Gasteiger partial charge in [-0.1, -0.05) is 26.7 Å². The minimum absolute atomic E-state index is 0.0489. The second kappa shape index (κ2) is 6.85. The largest absolute Gasteiger partial charge is 0.348 e. The first kappa shape index (κ1) is 16.6. The Morgan fingerprint density at radius 2 is 2.05 bits per heavy atom. The fourth-order valence-electron chi connectivity index (χ4n) is 2.04. The van der Waals surface area contributed by atoms with Crippen molar-refractivity contribution in [2.75, 3.05) is 0 Å². The molecule has 0 aliphatic rings. The minimum atomic E-state index is -3.99. The zero-order chi connectivity index (χ0) is 15.3. The van der Waals surface area contributed by atoms with Crippen molar-refractivity contribution < 1.29 is 13.2 Å². The number of amides is 1. The molecular weight excluding hydrogens is 280 g/mol. The van der Waals surface area contributed by atoms with Crippen LogP contribution in [0.1, 0.15) is 56.2 Å². The normalized spacial score (nSPS) is 13.2. The predicted molar refractivity (Wildman–Crippen MR) is 75.8 cm³/mol. The van der Waals surface area contributed by atoms with Gasteiger partial charge >= 0.3 is 0 Å². The lowest BCUT2D eigenvalue weighted by Gasteiger charge is -2.12. The van der Waals surface area contributed by atoms with Crippen LogP contribution in [0.5, 0.6) is 0 Å². The number of nitrogens with zero attached hydrogens (tertiary/aromatic N) is 1. The number of aromatic amines is 1. The molecule has 0 bridgehead atoms. The molecule has 0 spiro atoms. The molecule has 1 aromatic heterocycles. The van der Waals surface area contributed by atoms with E-state index in [9.17, 15) is 13.2 Å². The van der Waals surface area contributed by atoms with Gasteiger partial charge in [0.1, 0.15) is 4.90 Å². The van der Waals surface area contributed by atoms with Crippen LogP contribution >= 0.6 is 0 Å². The van der Waals surface area contributed by atoms with E-state index in [0.717, 1.165) is 19.3 Å². The average Bonchev–Trinajstić information content (AvgIpc) is 2.73. The molecule has 0 aliphatic heterocycles. The quantitative estimate of drug-likeness (QED) is 0.694. The number of aromatic nitrogens is 2. The average molecular weight is 302 g/mol. The zero-order valence-electron chi connectivity index (χ0n) is 12.1. The Hall–Kier alpha value is -1.41. The van der Waals surface area contributed by atoms with Gasteiger partial charge in [0, 0.05) is 6.04 Å². The van der Waals surface area contributed by atoms with Gasteiger partial charge in [0.05, 0.1) is 5.69 Å². The van der Waals surface area contributed by atoms with Crippen LogP contribution < -0.4 is 10.5 Å². The first-order valence-electron chi connectivity index (χ1n) is 6.72. The Morgan fingerprint density at radius 1 is 1.40 bits per heavy atom. The molecule has 1 amide bonds. The summed E-state index contributed by atoms with van der Waals surface area (Å²) < 4.78 is 23.3. The molecule has 0 fully saturated rings. The fourth-order valence-corrected chi connectivity index (χ4v) is 2.94. The molecule has 8 heteroatoms. The van der Waals surface area contributed by atoms with Crippen molar-refractivity contribution in [1.29, 1.82) is 0 Å². The summed E-state index contributed by atoms with van der Waals surface area (Å²) in [7, 11) is -3.99. The standard InChI is InChI=1S/C12H22N4O3S/c1-4-6-8(3)14-12(17)10-11(20(13,18)19)9(7-5-2)15-16-10/h8H,4-7H2,1-3H3,(H,14,17)(H,15,16)(H2,13,18,19). The minimum Gasteiger partial charge on any atom is -0.348 e. The molecule has 0 radical (unpaired) electrons. The van der Waals surface area contributed by atoms with Gasteiger partial charge in [0.25, 0.3) is 5.91 Å². The molecule has 1 atom stereocenters. The number of nitrogens with two attached hydrogens (primary N) is 1. The van der Waals surface area contributed by atoms with Crippen molar-refractivity contribution in [2.24, 2.45) is 5.14 Å². The molecule has 4 N–H and O–H groups in total. The molecule has 0 saturated heterocycles. The number of hydrogen-bond donors (Lipinski definition) is 3. The maximum absolute atomic E-state index is 12.1. The second-order valence-corrected chi connectivity index (χ2v) is 6.34. The molecule has 0 aromatic carbocycles. The summed E-state index contributed by atoms with van der Waals surface area (Å²) in [4.78, 5) is 11.9. The molecular formula is C12H22N4O3S. The van der Waals surface area contributed by atoms with Gasteiger partial charge in [0.15, 0.2) is 5.69 Å². The van der Waals surface area contributed by atoms with Gasteiger partial charge in [-0.3, -0.25) is 9.89 Å². The van der Waals surface area contributed by atoms with Crippen molar-refractivity contribution in [3.05, 3.63) is 11.4 Å². The lowest BCUT2D eigenvalue weighted by molar-refractivity contribution is 0.0930. The van der Waals surface area contributed by atoms with Gasteiger partial charge in [0.2, 0.25) is 10.0 Å². The van der Waals surface area contributed by atoms with E-state index < -0.39 is 15.9 Å². The lowest BCUT2D eigenvalue weighted by atomic mass is 10.2. The maximum atomic E-state index is 12.1. The van der Waals surface area contributed by atoms with Gasteiger partial charge in [-0.15, -0.1) is 0 Å². The molecule has 1 aromatic rings. The second-order valence-electron chi connectivity index (χ2n) is 4.84. The van der Waals surface area contributed by atoms with Crippen molar-refractivity contribution in [2.45, 2.75) is 57.4 Å². The van der Waals surface area contributed by atoms with Crippen LogP contribution in [-0.2, 0) is 16.4 Å². The number of carbonyl (C=O) groups excluding carboxylic acids is 1. The third-order valence-corrected chi connectivity index (χ3v) is 3.90. The zero-order valence-corrected chi connectivity index (χ0v) is 12.9. The van der Waals surface area contributed by atoms with E-state index in [2.05, 4.69) is 15.5 Å². The smallest absolute Gasteiger partial charge is 0.273 e. The number of aryl methyl sites for hydroxylation is 1. The van der Waals surface area contributed by atoms with Crippen LogP contribution in [0.3, 0.4) is 0 Å². The van der Waals surface area contributed by atoms with Crippen molar-refractivity contribution in [3.8, 4) is 0 Å². The first-order valence-corrected chi connectivity index (χ1v) is 8.26. The van der Waals surface area contributed by atoms with Crippen LogP contribution in [0.15, 0.2) is 4.90 Å². The fraction of sp³-hybridized carbons (Fsp3) is 0.667. The monoisotopic (exact) mass is 302 g/mol. The summed E-state index contributed by atoms with van der Waals surface area (Å²) in [5.41, 5.74) is 0.224. The summed E-state index contributed by atoms with van der Waals surface area (Å²) in [5.74, 6) is -0.520. The highest BCUT2D eigenvalue weighted by atomic mass is 32.2. The van der Waals surface area contributed by atoms with Crippen LogP contribution in [0.25, 0.3) is 0 Å². The van der Waals surface area contributed by atoms with E-state index in [0.29, 0.717) is 12.1 Å². The third kappa shape index (κ3) is 4.04. The van der Waals surface area contributed by atoms with Crippen molar-refractivity contribution >= 4 is 15.9 Å². The van der Waals surface area contributed by atoms with Crippen LogP contribution in [0, 0.1) is 0 Å². The molecule has 1 heterocycles. The Bertz CT molecular complexity index is 565. The highest BCUT2D eigenvalue weighted by molar-refractivity contribution is 7.89. The molecule has 20 heavy (non-hydrogen) atoms. The molecule has 1 rings (SSSR count). The third-order valence-electron chi connectivity index (χ3n) is 2.89. The van der Waals surface area contributed by atoms with E-state index in [-0.39, 0.29) is 16.6 Å². The van der Waals surface area contributed by atoms with E-state index >= 15 is 0 Å². The molecule has 0 aliphatic carbocycles. The number of sulfonamides is 1. The number of H-pyrrole nitrogens is 1. The van der Waals surface area contributed by atoms with Gasteiger partial charge < -0.3 is 5.32 Å². The number of rotatable bonds is 7. The summed E-state index contributed by atoms with van der Waals surface area (Å²) >= 11 is 0. The summed E-state index contributed by atoms with van der Waals surface area (Å²) in [6.07, 6.45) is 2.92. The van der Waals surface area contributed by atoms with Crippen LogP contribution in [0.4, 0.5) is 0 Å². The topological polar surface area (TPSA) is 118 Å². The number of primary sulfonamides is 1. The Morgan fingerprint density at radius 3 is 2.55 bits per heavy atom. The van der Waals surface area contributed by atoms with E-state index in [4.69, 9.17) is 5.14 Å². The lowest BCUT2D eigenvalue weighted by Crippen LogP contribution is -2.34. The van der Waals surface area contributed by atoms with Gasteiger partial charge in [-0.05, 0) is 19.8 Å². The van der Waals surface area contributed by atoms with Crippen LogP contribution in [0.2, 0.25) is 0 Å². The number of carbonyl (C=O) groups is 1. The van der Waals surface area contributed by atoms with Crippen molar-refractivity contribution in [1.82, 2.24) is 15.5 Å². The highest BCUT2D eigenvalue weighted by Crippen LogP contribution is 2.18. The molecule has 1 unspecified atom stereocenters. The van der Waals surface area contributed by atoms with E-state index in [1.165, 1.54) is 0 Å². The highest BCUT2D eigenvalue weighted by Gasteiger charge is 2.27. The van der Waals surface area contributed by atoms with Crippen LogP contribution in [-0.4, -0.2) is 30.6 Å². The first-order chi connectivity index (χ1) is 9.31. The number of nitrogens with one attached hydrogen (secondary N) is 2. The predicted octanol–water partition coefficient (Wildman–Crippen LogP) is 0.928. The van der Waals surface area contributed by atoms with Crippen molar-refractivity contribution in [3.63, 3.8) is 0 Å². The SMILES string of the molecule is CCCc1[nH]nc(C(=O)NC(C)CCC)c1S(N)(=O)=O. The molecule has 7 nitrogen and oxygen atoms in total. The van der Waals surface area contributed by atoms with E-state index in [1.54, 1.807) is 0 Å².